The highest BCUT2D eigenvalue weighted by Gasteiger charge is 2.01. The number of hydrogen-bond donors (Lipinski definition) is 1. The maximum Gasteiger partial charge on any atom is 0.0635 e. The molecule has 15 heavy (non-hydrogen) atoms. The maximum absolute atomic E-state index is 5.86. The summed E-state index contributed by atoms with van der Waals surface area (Å²) in [6.45, 7) is 2.01. The number of nitrogen functional groups attached to an aromatic ring is 1. The summed E-state index contributed by atoms with van der Waals surface area (Å²) in [5.74, 6) is 0. The zero-order chi connectivity index (χ0) is 10.8. The molecule has 0 spiro atoms. The summed E-state index contributed by atoms with van der Waals surface area (Å²) in [7, 11) is 0. The highest BCUT2D eigenvalue weighted by Crippen LogP contribution is 2.26. The summed E-state index contributed by atoms with van der Waals surface area (Å²) < 4.78 is 0. The van der Waals surface area contributed by atoms with Crippen LogP contribution in [-0.4, -0.2) is 4.98 Å². The first-order valence-corrected chi connectivity index (χ1v) is 5.01. The van der Waals surface area contributed by atoms with Crippen LogP contribution < -0.4 is 5.73 Å². The zero-order valence-corrected chi connectivity index (χ0v) is 9.12. The van der Waals surface area contributed by atoms with Crippen molar-refractivity contribution < 1.29 is 0 Å². The number of halogens is 1. The third-order valence-corrected chi connectivity index (χ3v) is 2.55. The highest BCUT2D eigenvalue weighted by molar-refractivity contribution is 6.33. The van der Waals surface area contributed by atoms with Crippen LogP contribution in [0.3, 0.4) is 0 Å². The lowest BCUT2D eigenvalue weighted by molar-refractivity contribution is 1.27. The summed E-state index contributed by atoms with van der Waals surface area (Å²) in [6.07, 6.45) is 3.64. The fourth-order valence-electron chi connectivity index (χ4n) is 1.44. The Labute approximate surface area is 93.7 Å². The Kier molecular flexibility index (Phi) is 2.60. The van der Waals surface area contributed by atoms with Crippen molar-refractivity contribution in [2.75, 3.05) is 5.73 Å². The van der Waals surface area contributed by atoms with Gasteiger partial charge in [-0.15, -0.1) is 0 Å². The molecule has 3 heteroatoms. The highest BCUT2D eigenvalue weighted by atomic mass is 35.5. The molecule has 0 amide bonds. The Bertz CT molecular complexity index is 495. The van der Waals surface area contributed by atoms with Crippen LogP contribution >= 0.6 is 11.6 Å². The van der Waals surface area contributed by atoms with Crippen molar-refractivity contribution in [3.8, 4) is 11.1 Å². The number of nitrogens with two attached hydrogens (primary N) is 1. The van der Waals surface area contributed by atoms with Crippen LogP contribution in [0.25, 0.3) is 11.1 Å². The zero-order valence-electron chi connectivity index (χ0n) is 8.37. The summed E-state index contributed by atoms with van der Waals surface area (Å²) >= 11 is 5.86. The van der Waals surface area contributed by atoms with Gasteiger partial charge in [-0.1, -0.05) is 17.7 Å². The topological polar surface area (TPSA) is 38.9 Å². The number of anilines is 1. The Balaban J connectivity index is 2.50. The van der Waals surface area contributed by atoms with Crippen LogP contribution in [0.5, 0.6) is 0 Å². The number of aryl methyl sites for hydroxylation is 1. The van der Waals surface area contributed by atoms with E-state index in [9.17, 15) is 0 Å². The average molecular weight is 219 g/mol. The van der Waals surface area contributed by atoms with E-state index < -0.39 is 0 Å². The predicted octanol–water partition coefficient (Wildman–Crippen LogP) is 3.29. The molecule has 0 unspecified atom stereocenters. The molecular formula is C12H11ClN2. The van der Waals surface area contributed by atoms with E-state index in [0.29, 0.717) is 10.7 Å². The van der Waals surface area contributed by atoms with Gasteiger partial charge in [0, 0.05) is 18.0 Å². The van der Waals surface area contributed by atoms with Crippen LogP contribution in [0.1, 0.15) is 5.56 Å². The third-order valence-electron chi connectivity index (χ3n) is 2.20. The van der Waals surface area contributed by atoms with Crippen LogP contribution in [-0.2, 0) is 0 Å². The van der Waals surface area contributed by atoms with Crippen LogP contribution in [0.2, 0.25) is 5.02 Å². The first kappa shape index (κ1) is 9.99. The molecule has 0 saturated heterocycles. The molecule has 1 aromatic carbocycles. The standard InChI is InChI=1S/C12H11ClN2/c1-8-4-10(7-15-6-8)9-2-3-11(13)12(14)5-9/h2-7H,14H2,1H3. The third kappa shape index (κ3) is 2.10. The van der Waals surface area contributed by atoms with E-state index in [1.165, 1.54) is 0 Å². The molecule has 0 atom stereocenters. The first-order valence-electron chi connectivity index (χ1n) is 4.64. The minimum Gasteiger partial charge on any atom is -0.398 e. The Hall–Kier alpha value is -1.54. The second kappa shape index (κ2) is 3.91. The largest absolute Gasteiger partial charge is 0.398 e. The van der Waals surface area contributed by atoms with E-state index in [4.69, 9.17) is 17.3 Å². The fourth-order valence-corrected chi connectivity index (χ4v) is 1.55. The summed E-state index contributed by atoms with van der Waals surface area (Å²) in [5, 5.41) is 0.583. The molecule has 0 saturated carbocycles. The lowest BCUT2D eigenvalue weighted by atomic mass is 10.1. The van der Waals surface area contributed by atoms with Crippen molar-refractivity contribution in [3.63, 3.8) is 0 Å². The van der Waals surface area contributed by atoms with Crippen LogP contribution in [0.4, 0.5) is 5.69 Å². The molecule has 0 bridgehead atoms. The molecule has 1 aromatic heterocycles. The van der Waals surface area contributed by atoms with E-state index in [1.54, 1.807) is 6.07 Å². The Morgan fingerprint density at radius 3 is 2.60 bits per heavy atom. The van der Waals surface area contributed by atoms with Gasteiger partial charge in [-0.25, -0.2) is 0 Å². The van der Waals surface area contributed by atoms with E-state index in [0.717, 1.165) is 16.7 Å². The van der Waals surface area contributed by atoms with Gasteiger partial charge in [0.15, 0.2) is 0 Å². The van der Waals surface area contributed by atoms with Crippen LogP contribution in [0, 0.1) is 6.92 Å². The van der Waals surface area contributed by atoms with Gasteiger partial charge in [0.1, 0.15) is 0 Å². The monoisotopic (exact) mass is 218 g/mol. The normalized spacial score (nSPS) is 10.3. The van der Waals surface area contributed by atoms with Gasteiger partial charge in [-0.2, -0.15) is 0 Å². The number of rotatable bonds is 1. The molecule has 0 aliphatic rings. The summed E-state index contributed by atoms with van der Waals surface area (Å²) in [5.41, 5.74) is 9.55. The molecular weight excluding hydrogens is 208 g/mol. The molecule has 0 aliphatic heterocycles. The second-order valence-corrected chi connectivity index (χ2v) is 3.89. The van der Waals surface area contributed by atoms with Crippen molar-refractivity contribution >= 4 is 17.3 Å². The number of aromatic nitrogens is 1. The Morgan fingerprint density at radius 1 is 1.13 bits per heavy atom. The molecule has 0 fully saturated rings. The molecule has 2 aromatic rings. The molecule has 2 rings (SSSR count). The van der Waals surface area contributed by atoms with E-state index in [-0.39, 0.29) is 0 Å². The summed E-state index contributed by atoms with van der Waals surface area (Å²) in [6, 6.07) is 7.66. The minimum atomic E-state index is 0.583. The lowest BCUT2D eigenvalue weighted by Gasteiger charge is -2.04. The molecule has 1 heterocycles. The van der Waals surface area contributed by atoms with Gasteiger partial charge in [0.2, 0.25) is 0 Å². The van der Waals surface area contributed by atoms with Crippen molar-refractivity contribution in [1.82, 2.24) is 4.98 Å². The van der Waals surface area contributed by atoms with Crippen molar-refractivity contribution in [1.29, 1.82) is 0 Å². The SMILES string of the molecule is Cc1cncc(-c2ccc(Cl)c(N)c2)c1. The molecule has 2 nitrogen and oxygen atoms in total. The maximum atomic E-state index is 5.86. The van der Waals surface area contributed by atoms with Gasteiger partial charge in [0.05, 0.1) is 10.7 Å². The average Bonchev–Trinajstić information content (AvgIpc) is 2.22. The van der Waals surface area contributed by atoms with E-state index >= 15 is 0 Å². The quantitative estimate of drug-likeness (QED) is 0.746. The number of pyridine rings is 1. The molecule has 0 aliphatic carbocycles. The summed E-state index contributed by atoms with van der Waals surface area (Å²) in [4.78, 5) is 4.14. The first-order chi connectivity index (χ1) is 7.16. The molecule has 76 valence electrons. The Morgan fingerprint density at radius 2 is 1.93 bits per heavy atom. The number of hydrogen-bond acceptors (Lipinski definition) is 2. The van der Waals surface area contributed by atoms with Gasteiger partial charge >= 0.3 is 0 Å². The fraction of sp³-hybridized carbons (Fsp3) is 0.0833. The van der Waals surface area contributed by atoms with Gasteiger partial charge in [-0.3, -0.25) is 4.98 Å². The van der Waals surface area contributed by atoms with E-state index in [2.05, 4.69) is 11.1 Å². The van der Waals surface area contributed by atoms with Gasteiger partial charge < -0.3 is 5.73 Å². The molecule has 0 radical (unpaired) electrons. The van der Waals surface area contributed by atoms with Crippen molar-refractivity contribution in [2.24, 2.45) is 0 Å². The van der Waals surface area contributed by atoms with E-state index in [1.807, 2.05) is 31.5 Å². The smallest absolute Gasteiger partial charge is 0.0635 e. The van der Waals surface area contributed by atoms with Crippen molar-refractivity contribution in [2.45, 2.75) is 6.92 Å². The van der Waals surface area contributed by atoms with Gasteiger partial charge in [0.25, 0.3) is 0 Å². The molecule has 2 N–H and O–H groups in total. The minimum absolute atomic E-state index is 0.583. The van der Waals surface area contributed by atoms with Gasteiger partial charge in [-0.05, 0) is 36.2 Å². The van der Waals surface area contributed by atoms with Crippen LogP contribution in [0.15, 0.2) is 36.7 Å². The second-order valence-electron chi connectivity index (χ2n) is 3.49. The lowest BCUT2D eigenvalue weighted by Crippen LogP contribution is -1.88. The predicted molar refractivity (Wildman–Crippen MR) is 63.8 cm³/mol. The van der Waals surface area contributed by atoms with Crippen molar-refractivity contribution in [3.05, 3.63) is 47.2 Å². The number of nitrogens with zero attached hydrogens (tertiary/aromatic N) is 1. The number of benzene rings is 1.